The summed E-state index contributed by atoms with van der Waals surface area (Å²) in [5.74, 6) is 1.18. The topological polar surface area (TPSA) is 23.5 Å². The van der Waals surface area contributed by atoms with Crippen LogP contribution >= 0.6 is 27.7 Å². The summed E-state index contributed by atoms with van der Waals surface area (Å²) in [6.07, 6.45) is 0. The smallest absolute Gasteiger partial charge is 0.0682 e. The molecule has 2 rings (SSSR count). The summed E-state index contributed by atoms with van der Waals surface area (Å²) in [5, 5.41) is 9.78. The van der Waals surface area contributed by atoms with Gasteiger partial charge in [0.25, 0.3) is 0 Å². The highest BCUT2D eigenvalue weighted by atomic mass is 79.9. The molecule has 0 bridgehead atoms. The fourth-order valence-corrected chi connectivity index (χ4v) is 3.91. The lowest BCUT2D eigenvalue weighted by Gasteiger charge is -2.39. The summed E-state index contributed by atoms with van der Waals surface area (Å²) in [5.41, 5.74) is 2.19. The molecule has 1 N–H and O–H groups in total. The summed E-state index contributed by atoms with van der Waals surface area (Å²) in [7, 11) is 0. The van der Waals surface area contributed by atoms with Crippen LogP contribution in [0.1, 0.15) is 19.4 Å². The highest BCUT2D eigenvalue weighted by Crippen LogP contribution is 2.34. The Bertz CT molecular complexity index is 399. The van der Waals surface area contributed by atoms with Crippen molar-refractivity contribution in [2.45, 2.75) is 31.7 Å². The van der Waals surface area contributed by atoms with Crippen molar-refractivity contribution in [2.75, 3.05) is 17.2 Å². The van der Waals surface area contributed by atoms with Crippen LogP contribution in [0, 0.1) is 0 Å². The van der Waals surface area contributed by atoms with Gasteiger partial charge < -0.3 is 10.0 Å². The lowest BCUT2D eigenvalue weighted by atomic mass is 10.1. The van der Waals surface area contributed by atoms with Crippen molar-refractivity contribution in [1.29, 1.82) is 0 Å². The van der Waals surface area contributed by atoms with Crippen LogP contribution in [0.15, 0.2) is 22.7 Å². The zero-order chi connectivity index (χ0) is 12.4. The van der Waals surface area contributed by atoms with Gasteiger partial charge in [0, 0.05) is 28.1 Å². The number of hydrogen-bond acceptors (Lipinski definition) is 3. The van der Waals surface area contributed by atoms with E-state index in [0.717, 1.165) is 16.6 Å². The molecule has 0 aromatic heterocycles. The zero-order valence-electron chi connectivity index (χ0n) is 10.2. The zero-order valence-corrected chi connectivity index (χ0v) is 12.6. The quantitative estimate of drug-likeness (QED) is 0.906. The van der Waals surface area contributed by atoms with Gasteiger partial charge in [-0.05, 0) is 40.5 Å². The van der Waals surface area contributed by atoms with E-state index in [1.54, 1.807) is 0 Å². The Hall–Kier alpha value is -0.190. The van der Waals surface area contributed by atoms with Gasteiger partial charge in [-0.25, -0.2) is 0 Å². The van der Waals surface area contributed by atoms with Crippen LogP contribution in [0.3, 0.4) is 0 Å². The molecule has 0 radical (unpaired) electrons. The average molecular weight is 316 g/mol. The summed E-state index contributed by atoms with van der Waals surface area (Å²) < 4.78 is 1.08. The van der Waals surface area contributed by atoms with E-state index in [1.807, 2.05) is 23.9 Å². The molecule has 1 saturated heterocycles. The molecule has 17 heavy (non-hydrogen) atoms. The van der Waals surface area contributed by atoms with Crippen molar-refractivity contribution in [2.24, 2.45) is 0 Å². The number of rotatable bonds is 2. The molecule has 0 spiro atoms. The number of nitrogens with zero attached hydrogens (tertiary/aromatic N) is 1. The summed E-state index contributed by atoms with van der Waals surface area (Å²) in [6.45, 7) is 5.76. The Kier molecular flexibility index (Phi) is 4.39. The average Bonchev–Trinajstić information content (AvgIpc) is 2.33. The summed E-state index contributed by atoms with van der Waals surface area (Å²) in [4.78, 5) is 2.45. The van der Waals surface area contributed by atoms with Crippen LogP contribution in [0.5, 0.6) is 0 Å². The maximum Gasteiger partial charge on any atom is 0.0682 e. The van der Waals surface area contributed by atoms with Gasteiger partial charge in [-0.2, -0.15) is 11.8 Å². The minimum absolute atomic E-state index is 0.0979. The van der Waals surface area contributed by atoms with Crippen molar-refractivity contribution >= 4 is 33.4 Å². The first-order valence-electron chi connectivity index (χ1n) is 5.91. The Morgan fingerprint density at radius 3 is 2.88 bits per heavy atom. The third-order valence-electron chi connectivity index (χ3n) is 3.39. The van der Waals surface area contributed by atoms with Crippen LogP contribution in [0.25, 0.3) is 0 Å². The lowest BCUT2D eigenvalue weighted by Crippen LogP contribution is -2.44. The predicted molar refractivity (Wildman–Crippen MR) is 78.8 cm³/mol. The van der Waals surface area contributed by atoms with E-state index in [4.69, 9.17) is 5.11 Å². The molecule has 1 fully saturated rings. The number of aliphatic hydroxyl groups excluding tert-OH is 1. The Morgan fingerprint density at radius 1 is 1.47 bits per heavy atom. The highest BCUT2D eigenvalue weighted by molar-refractivity contribution is 9.10. The van der Waals surface area contributed by atoms with Crippen LogP contribution in [0.2, 0.25) is 0 Å². The van der Waals surface area contributed by atoms with Crippen molar-refractivity contribution < 1.29 is 5.11 Å². The van der Waals surface area contributed by atoms with Crippen molar-refractivity contribution in [3.63, 3.8) is 0 Å². The monoisotopic (exact) mass is 315 g/mol. The molecule has 2 unspecified atom stereocenters. The van der Waals surface area contributed by atoms with E-state index >= 15 is 0 Å². The number of benzene rings is 1. The van der Waals surface area contributed by atoms with Crippen LogP contribution < -0.4 is 4.90 Å². The van der Waals surface area contributed by atoms with Gasteiger partial charge in [0.2, 0.25) is 0 Å². The second-order valence-corrected chi connectivity index (χ2v) is 6.79. The minimum Gasteiger partial charge on any atom is -0.392 e. The maximum absolute atomic E-state index is 9.12. The first kappa shape index (κ1) is 13.2. The molecule has 1 aromatic rings. The fourth-order valence-electron chi connectivity index (χ4n) is 2.15. The van der Waals surface area contributed by atoms with E-state index in [2.05, 4.69) is 40.7 Å². The molecule has 0 amide bonds. The molecule has 1 aromatic carbocycles. The number of thioether (sulfide) groups is 1. The third kappa shape index (κ3) is 2.80. The van der Waals surface area contributed by atoms with Crippen molar-refractivity contribution in [3.8, 4) is 0 Å². The minimum atomic E-state index is 0.0979. The Balaban J connectivity index is 2.27. The molecule has 94 valence electrons. The third-order valence-corrected chi connectivity index (χ3v) is 5.36. The van der Waals surface area contributed by atoms with Gasteiger partial charge >= 0.3 is 0 Å². The predicted octanol–water partition coefficient (Wildman–Crippen LogP) is 3.27. The van der Waals surface area contributed by atoms with E-state index in [9.17, 15) is 0 Å². The molecule has 0 aliphatic carbocycles. The van der Waals surface area contributed by atoms with E-state index in [-0.39, 0.29) is 6.61 Å². The molecule has 2 nitrogen and oxygen atoms in total. The van der Waals surface area contributed by atoms with Gasteiger partial charge in [0.1, 0.15) is 0 Å². The largest absolute Gasteiger partial charge is 0.392 e. The second kappa shape index (κ2) is 5.63. The molecule has 1 heterocycles. The van der Waals surface area contributed by atoms with Gasteiger partial charge in [-0.15, -0.1) is 0 Å². The normalized spacial score (nSPS) is 25.1. The number of halogens is 1. The number of aliphatic hydroxyl groups is 1. The van der Waals surface area contributed by atoms with Gasteiger partial charge in [-0.1, -0.05) is 13.0 Å². The van der Waals surface area contributed by atoms with Crippen molar-refractivity contribution in [3.05, 3.63) is 28.2 Å². The molecule has 0 saturated carbocycles. The molecule has 1 aliphatic rings. The van der Waals surface area contributed by atoms with E-state index < -0.39 is 0 Å². The van der Waals surface area contributed by atoms with Crippen LogP contribution in [-0.2, 0) is 6.61 Å². The summed E-state index contributed by atoms with van der Waals surface area (Å²) >= 11 is 5.65. The Labute approximate surface area is 116 Å². The molecule has 2 atom stereocenters. The highest BCUT2D eigenvalue weighted by Gasteiger charge is 2.26. The fraction of sp³-hybridized carbons (Fsp3) is 0.538. The molecular formula is C13H18BrNOS. The molecule has 4 heteroatoms. The van der Waals surface area contributed by atoms with Gasteiger partial charge in [0.15, 0.2) is 0 Å². The van der Waals surface area contributed by atoms with Crippen molar-refractivity contribution in [1.82, 2.24) is 0 Å². The van der Waals surface area contributed by atoms with Gasteiger partial charge in [-0.3, -0.25) is 0 Å². The number of hydrogen-bond donors (Lipinski definition) is 1. The van der Waals surface area contributed by atoms with Crippen LogP contribution in [-0.4, -0.2) is 28.7 Å². The van der Waals surface area contributed by atoms with E-state index in [1.165, 1.54) is 11.4 Å². The number of anilines is 1. The first-order chi connectivity index (χ1) is 8.13. The Morgan fingerprint density at radius 2 is 2.24 bits per heavy atom. The maximum atomic E-state index is 9.12. The second-order valence-electron chi connectivity index (χ2n) is 4.45. The van der Waals surface area contributed by atoms with Crippen LogP contribution in [0.4, 0.5) is 5.69 Å². The lowest BCUT2D eigenvalue weighted by molar-refractivity contribution is 0.282. The molecule has 1 aliphatic heterocycles. The van der Waals surface area contributed by atoms with Gasteiger partial charge in [0.05, 0.1) is 12.3 Å². The van der Waals surface area contributed by atoms with E-state index in [0.29, 0.717) is 11.3 Å². The molecular weight excluding hydrogens is 298 g/mol. The first-order valence-corrected chi connectivity index (χ1v) is 7.75. The summed E-state index contributed by atoms with van der Waals surface area (Å²) in [6, 6.07) is 6.66. The SMILES string of the molecule is CC1SCCN(c2ccc(CO)cc2Br)C1C. The standard InChI is InChI=1S/C13H18BrNOS/c1-9-10(2)17-6-5-15(9)13-4-3-11(8-16)7-12(13)14/h3-4,7,9-10,16H,5-6,8H2,1-2H3.